The first kappa shape index (κ1) is 20.6. The van der Waals surface area contributed by atoms with Gasteiger partial charge in [-0.1, -0.05) is 0 Å². The predicted molar refractivity (Wildman–Crippen MR) is 114 cm³/mol. The average molecular weight is 459 g/mol. The quantitative estimate of drug-likeness (QED) is 0.712. The van der Waals surface area contributed by atoms with Gasteiger partial charge in [0, 0.05) is 18.3 Å². The SMILES string of the molecule is O=C1COc2ccc(NC(=O)[C@@H]3CCCN3S(=O)(=O)c3ccc4c(c3)OCCO4)cc2N1. The van der Waals surface area contributed by atoms with Crippen LogP contribution in [0.3, 0.4) is 0 Å². The monoisotopic (exact) mass is 459 g/mol. The largest absolute Gasteiger partial charge is 0.486 e. The number of hydrogen-bond donors (Lipinski definition) is 2. The summed E-state index contributed by atoms with van der Waals surface area (Å²) in [6.45, 7) is 0.930. The van der Waals surface area contributed by atoms with Gasteiger partial charge in [0.05, 0.1) is 10.6 Å². The molecule has 0 spiro atoms. The molecule has 2 aromatic rings. The number of sulfonamides is 1. The second kappa shape index (κ2) is 7.99. The molecule has 0 aliphatic carbocycles. The number of fused-ring (bicyclic) bond motifs is 2. The highest BCUT2D eigenvalue weighted by Crippen LogP contribution is 2.35. The van der Waals surface area contributed by atoms with E-state index in [1.807, 2.05) is 0 Å². The van der Waals surface area contributed by atoms with Crippen molar-refractivity contribution in [1.82, 2.24) is 4.31 Å². The van der Waals surface area contributed by atoms with Crippen LogP contribution in [0.1, 0.15) is 12.8 Å². The summed E-state index contributed by atoms with van der Waals surface area (Å²) in [5.74, 6) is 0.650. The van der Waals surface area contributed by atoms with Gasteiger partial charge >= 0.3 is 0 Å². The van der Waals surface area contributed by atoms with Crippen molar-refractivity contribution in [3.05, 3.63) is 36.4 Å². The summed E-state index contributed by atoms with van der Waals surface area (Å²) in [5.41, 5.74) is 0.884. The molecule has 5 rings (SSSR count). The van der Waals surface area contributed by atoms with Crippen molar-refractivity contribution >= 4 is 33.2 Å². The highest BCUT2D eigenvalue weighted by Gasteiger charge is 2.40. The second-order valence-corrected chi connectivity index (χ2v) is 9.51. The normalized spacial score (nSPS) is 20.1. The van der Waals surface area contributed by atoms with Crippen molar-refractivity contribution in [3.8, 4) is 17.2 Å². The number of rotatable bonds is 4. The molecule has 1 fully saturated rings. The maximum Gasteiger partial charge on any atom is 0.262 e. The summed E-state index contributed by atoms with van der Waals surface area (Å²) >= 11 is 0. The molecular weight excluding hydrogens is 438 g/mol. The zero-order valence-electron chi connectivity index (χ0n) is 17.0. The molecular formula is C21H21N3O7S. The third-order valence-corrected chi connectivity index (χ3v) is 7.41. The van der Waals surface area contributed by atoms with Gasteiger partial charge in [-0.25, -0.2) is 8.42 Å². The zero-order chi connectivity index (χ0) is 22.3. The van der Waals surface area contributed by atoms with E-state index in [2.05, 4.69) is 10.6 Å². The van der Waals surface area contributed by atoms with Crippen LogP contribution in [-0.2, 0) is 19.6 Å². The topological polar surface area (TPSA) is 123 Å². The number of benzene rings is 2. The first-order chi connectivity index (χ1) is 15.4. The van der Waals surface area contributed by atoms with Crippen LogP contribution >= 0.6 is 0 Å². The maximum absolute atomic E-state index is 13.3. The number of carbonyl (C=O) groups is 2. The van der Waals surface area contributed by atoms with E-state index in [1.54, 1.807) is 24.3 Å². The molecule has 0 saturated carbocycles. The van der Waals surface area contributed by atoms with E-state index in [9.17, 15) is 18.0 Å². The Hall–Kier alpha value is -3.31. The lowest BCUT2D eigenvalue weighted by molar-refractivity contribution is -0.119. The van der Waals surface area contributed by atoms with Gasteiger partial charge < -0.3 is 24.8 Å². The van der Waals surface area contributed by atoms with Crippen LogP contribution in [0.5, 0.6) is 17.2 Å². The highest BCUT2D eigenvalue weighted by molar-refractivity contribution is 7.89. The molecule has 1 saturated heterocycles. The summed E-state index contributed by atoms with van der Waals surface area (Å²) in [6.07, 6.45) is 0.969. The van der Waals surface area contributed by atoms with Crippen molar-refractivity contribution in [2.45, 2.75) is 23.8 Å². The Bertz CT molecular complexity index is 1200. The minimum Gasteiger partial charge on any atom is -0.486 e. The van der Waals surface area contributed by atoms with E-state index >= 15 is 0 Å². The molecule has 168 valence electrons. The molecule has 32 heavy (non-hydrogen) atoms. The van der Waals surface area contributed by atoms with E-state index < -0.39 is 22.0 Å². The first-order valence-corrected chi connectivity index (χ1v) is 11.6. The minimum atomic E-state index is -3.92. The highest BCUT2D eigenvalue weighted by atomic mass is 32.2. The number of carbonyl (C=O) groups excluding carboxylic acids is 2. The maximum atomic E-state index is 13.3. The fourth-order valence-electron chi connectivity index (χ4n) is 4.00. The molecule has 2 amide bonds. The van der Waals surface area contributed by atoms with Gasteiger partial charge in [-0.2, -0.15) is 4.31 Å². The molecule has 0 unspecified atom stereocenters. The van der Waals surface area contributed by atoms with Crippen molar-refractivity contribution < 1.29 is 32.2 Å². The Morgan fingerprint density at radius 1 is 1.03 bits per heavy atom. The van der Waals surface area contributed by atoms with Gasteiger partial charge in [-0.15, -0.1) is 0 Å². The minimum absolute atomic E-state index is 0.0510. The number of ether oxygens (including phenoxy) is 3. The van der Waals surface area contributed by atoms with Crippen LogP contribution in [0, 0.1) is 0 Å². The van der Waals surface area contributed by atoms with Crippen molar-refractivity contribution in [3.63, 3.8) is 0 Å². The van der Waals surface area contributed by atoms with Gasteiger partial charge in [0.1, 0.15) is 25.0 Å². The Morgan fingerprint density at radius 3 is 2.66 bits per heavy atom. The number of nitrogens with one attached hydrogen (secondary N) is 2. The Labute approximate surface area is 184 Å². The number of amides is 2. The van der Waals surface area contributed by atoms with Crippen LogP contribution in [-0.4, -0.2) is 56.9 Å². The second-order valence-electron chi connectivity index (χ2n) is 7.62. The van der Waals surface area contributed by atoms with Crippen LogP contribution in [0.15, 0.2) is 41.3 Å². The standard InChI is InChI=1S/C21H21N3O7S/c25-20-12-31-17-5-3-13(10-15(17)23-20)22-21(26)16-2-1-7-24(16)32(27,28)14-4-6-18-19(11-14)30-9-8-29-18/h3-6,10-11,16H,1-2,7-9,12H2,(H,22,26)(H,23,25)/t16-/m0/s1. The summed E-state index contributed by atoms with van der Waals surface area (Å²) < 4.78 is 44.1. The average Bonchev–Trinajstić information content (AvgIpc) is 3.30. The predicted octanol–water partition coefficient (Wildman–Crippen LogP) is 1.58. The van der Waals surface area contributed by atoms with E-state index in [-0.39, 0.29) is 24.0 Å². The molecule has 10 nitrogen and oxygen atoms in total. The van der Waals surface area contributed by atoms with Gasteiger partial charge in [0.2, 0.25) is 15.9 Å². The summed E-state index contributed by atoms with van der Waals surface area (Å²) in [4.78, 5) is 24.6. The van der Waals surface area contributed by atoms with E-state index in [1.165, 1.54) is 16.4 Å². The zero-order valence-corrected chi connectivity index (χ0v) is 17.8. The summed E-state index contributed by atoms with van der Waals surface area (Å²) in [6, 6.07) is 8.47. The Kier molecular flexibility index (Phi) is 5.14. The van der Waals surface area contributed by atoms with Gasteiger partial charge in [-0.3, -0.25) is 9.59 Å². The molecule has 0 aromatic heterocycles. The van der Waals surface area contributed by atoms with Crippen LogP contribution < -0.4 is 24.8 Å². The lowest BCUT2D eigenvalue weighted by Crippen LogP contribution is -2.43. The molecule has 2 N–H and O–H groups in total. The Balaban J connectivity index is 1.35. The number of hydrogen-bond acceptors (Lipinski definition) is 7. The van der Waals surface area contributed by atoms with Gasteiger partial charge in [-0.05, 0) is 43.2 Å². The van der Waals surface area contributed by atoms with E-state index in [0.717, 1.165) is 0 Å². The van der Waals surface area contributed by atoms with Crippen molar-refractivity contribution in [2.75, 3.05) is 37.0 Å². The fourth-order valence-corrected chi connectivity index (χ4v) is 5.67. The third kappa shape index (κ3) is 3.73. The fraction of sp³-hybridized carbons (Fsp3) is 0.333. The lowest BCUT2D eigenvalue weighted by Gasteiger charge is -2.25. The van der Waals surface area contributed by atoms with Crippen molar-refractivity contribution in [2.24, 2.45) is 0 Å². The molecule has 3 heterocycles. The first-order valence-electron chi connectivity index (χ1n) is 10.2. The van der Waals surface area contributed by atoms with Crippen LogP contribution in [0.4, 0.5) is 11.4 Å². The molecule has 3 aliphatic rings. The smallest absolute Gasteiger partial charge is 0.262 e. The van der Waals surface area contributed by atoms with Crippen LogP contribution in [0.25, 0.3) is 0 Å². The molecule has 1 atom stereocenters. The summed E-state index contributed by atoms with van der Waals surface area (Å²) in [5, 5.41) is 5.43. The van der Waals surface area contributed by atoms with Gasteiger partial charge in [0.15, 0.2) is 18.1 Å². The molecule has 2 aromatic carbocycles. The van der Waals surface area contributed by atoms with Crippen LogP contribution in [0.2, 0.25) is 0 Å². The third-order valence-electron chi connectivity index (χ3n) is 5.51. The Morgan fingerprint density at radius 2 is 1.81 bits per heavy atom. The lowest BCUT2D eigenvalue weighted by atomic mass is 10.2. The molecule has 11 heteroatoms. The van der Waals surface area contributed by atoms with Crippen molar-refractivity contribution in [1.29, 1.82) is 0 Å². The molecule has 0 radical (unpaired) electrons. The number of nitrogens with zero attached hydrogens (tertiary/aromatic N) is 1. The molecule has 0 bridgehead atoms. The number of anilines is 2. The molecule has 3 aliphatic heterocycles. The van der Waals surface area contributed by atoms with E-state index in [4.69, 9.17) is 14.2 Å². The van der Waals surface area contributed by atoms with Gasteiger partial charge in [0.25, 0.3) is 5.91 Å². The summed E-state index contributed by atoms with van der Waals surface area (Å²) in [7, 11) is -3.92. The van der Waals surface area contributed by atoms with E-state index in [0.29, 0.717) is 54.7 Å².